The molecule has 1 heterocycles. The molecule has 0 saturated heterocycles. The van der Waals surface area contributed by atoms with Gasteiger partial charge in [0, 0.05) is 17.5 Å². The van der Waals surface area contributed by atoms with Crippen LogP contribution in [-0.2, 0) is 6.54 Å². The molecule has 18 heavy (non-hydrogen) atoms. The lowest BCUT2D eigenvalue weighted by atomic mass is 9.97. The van der Waals surface area contributed by atoms with Crippen molar-refractivity contribution in [1.29, 1.82) is 0 Å². The molecule has 0 spiro atoms. The number of benzene rings is 1. The SMILES string of the molecule is CC(C)CC(NCc1cccs1)c1ccccc1. The van der Waals surface area contributed by atoms with Gasteiger partial charge in [-0.25, -0.2) is 0 Å². The molecule has 0 aliphatic carbocycles. The second-order valence-electron chi connectivity index (χ2n) is 5.05. The minimum atomic E-state index is 0.452. The highest BCUT2D eigenvalue weighted by Gasteiger charge is 2.12. The standard InChI is InChI=1S/C16H21NS/c1-13(2)11-16(14-7-4-3-5-8-14)17-12-15-9-6-10-18-15/h3-10,13,16-17H,11-12H2,1-2H3. The quantitative estimate of drug-likeness (QED) is 0.798. The Morgan fingerprint density at radius 1 is 1.06 bits per heavy atom. The molecule has 1 nitrogen and oxygen atoms in total. The van der Waals surface area contributed by atoms with Gasteiger partial charge in [0.1, 0.15) is 0 Å². The van der Waals surface area contributed by atoms with Crippen molar-refractivity contribution < 1.29 is 0 Å². The minimum Gasteiger partial charge on any atom is -0.305 e. The zero-order valence-corrected chi connectivity index (χ0v) is 11.9. The van der Waals surface area contributed by atoms with Crippen molar-refractivity contribution in [3.63, 3.8) is 0 Å². The van der Waals surface area contributed by atoms with Crippen molar-refractivity contribution in [3.05, 3.63) is 58.3 Å². The highest BCUT2D eigenvalue weighted by molar-refractivity contribution is 7.09. The molecule has 0 fully saturated rings. The topological polar surface area (TPSA) is 12.0 Å². The Kier molecular flexibility index (Phi) is 4.97. The van der Waals surface area contributed by atoms with Crippen molar-refractivity contribution >= 4 is 11.3 Å². The van der Waals surface area contributed by atoms with Gasteiger partial charge in [-0.05, 0) is 29.3 Å². The van der Waals surface area contributed by atoms with Crippen LogP contribution in [0, 0.1) is 5.92 Å². The fourth-order valence-electron chi connectivity index (χ4n) is 2.13. The predicted molar refractivity (Wildman–Crippen MR) is 79.8 cm³/mol. The van der Waals surface area contributed by atoms with Crippen LogP contribution in [0.25, 0.3) is 0 Å². The summed E-state index contributed by atoms with van der Waals surface area (Å²) in [6, 6.07) is 15.5. The minimum absolute atomic E-state index is 0.452. The van der Waals surface area contributed by atoms with Crippen LogP contribution in [0.1, 0.15) is 36.8 Å². The van der Waals surface area contributed by atoms with Gasteiger partial charge in [-0.2, -0.15) is 0 Å². The van der Waals surface area contributed by atoms with Gasteiger partial charge in [0.15, 0.2) is 0 Å². The van der Waals surface area contributed by atoms with Crippen molar-refractivity contribution in [2.24, 2.45) is 5.92 Å². The summed E-state index contributed by atoms with van der Waals surface area (Å²) in [5.74, 6) is 0.700. The highest BCUT2D eigenvalue weighted by atomic mass is 32.1. The molecular formula is C16H21NS. The van der Waals surface area contributed by atoms with E-state index in [2.05, 4.69) is 67.0 Å². The zero-order valence-electron chi connectivity index (χ0n) is 11.1. The van der Waals surface area contributed by atoms with Gasteiger partial charge in [-0.15, -0.1) is 11.3 Å². The molecule has 2 heteroatoms. The van der Waals surface area contributed by atoms with E-state index in [4.69, 9.17) is 0 Å². The van der Waals surface area contributed by atoms with Crippen LogP contribution in [0.4, 0.5) is 0 Å². The molecule has 1 atom stereocenters. The van der Waals surface area contributed by atoms with E-state index in [9.17, 15) is 0 Å². The van der Waals surface area contributed by atoms with E-state index in [1.54, 1.807) is 0 Å². The molecule has 1 unspecified atom stereocenters. The summed E-state index contributed by atoms with van der Waals surface area (Å²) in [4.78, 5) is 1.40. The molecule has 1 aromatic carbocycles. The van der Waals surface area contributed by atoms with Crippen molar-refractivity contribution in [2.75, 3.05) is 0 Å². The summed E-state index contributed by atoms with van der Waals surface area (Å²) in [6.07, 6.45) is 1.18. The van der Waals surface area contributed by atoms with E-state index in [0.717, 1.165) is 6.54 Å². The van der Waals surface area contributed by atoms with Gasteiger partial charge in [0.25, 0.3) is 0 Å². The first-order chi connectivity index (χ1) is 8.75. The summed E-state index contributed by atoms with van der Waals surface area (Å²) >= 11 is 1.82. The second kappa shape index (κ2) is 6.72. The van der Waals surface area contributed by atoms with Crippen LogP contribution < -0.4 is 5.32 Å². The van der Waals surface area contributed by atoms with Gasteiger partial charge < -0.3 is 5.32 Å². The first-order valence-corrected chi connectivity index (χ1v) is 7.44. The van der Waals surface area contributed by atoms with Crippen LogP contribution in [0.5, 0.6) is 0 Å². The average molecular weight is 259 g/mol. The van der Waals surface area contributed by atoms with Crippen LogP contribution >= 0.6 is 11.3 Å². The Hall–Kier alpha value is -1.12. The van der Waals surface area contributed by atoms with E-state index >= 15 is 0 Å². The van der Waals surface area contributed by atoms with Crippen LogP contribution in [0.2, 0.25) is 0 Å². The summed E-state index contributed by atoms with van der Waals surface area (Å²) in [7, 11) is 0. The van der Waals surface area contributed by atoms with Crippen molar-refractivity contribution in [3.8, 4) is 0 Å². The summed E-state index contributed by atoms with van der Waals surface area (Å²) in [6.45, 7) is 5.52. The number of rotatable bonds is 6. The third-order valence-electron chi connectivity index (χ3n) is 3.01. The Bertz CT molecular complexity index is 433. The molecule has 1 N–H and O–H groups in total. The molecule has 0 saturated carbocycles. The molecular weight excluding hydrogens is 238 g/mol. The number of nitrogens with one attached hydrogen (secondary N) is 1. The molecule has 2 rings (SSSR count). The molecule has 1 aromatic heterocycles. The summed E-state index contributed by atoms with van der Waals surface area (Å²) < 4.78 is 0. The third kappa shape index (κ3) is 3.97. The third-order valence-corrected chi connectivity index (χ3v) is 3.89. The van der Waals surface area contributed by atoms with Gasteiger partial charge in [0.05, 0.1) is 0 Å². The summed E-state index contributed by atoms with van der Waals surface area (Å²) in [5, 5.41) is 5.82. The first kappa shape index (κ1) is 13.3. The van der Waals surface area contributed by atoms with Crippen molar-refractivity contribution in [1.82, 2.24) is 5.32 Å². The lowest BCUT2D eigenvalue weighted by Crippen LogP contribution is -2.22. The molecule has 0 radical (unpaired) electrons. The van der Waals surface area contributed by atoms with E-state index < -0.39 is 0 Å². The normalized spacial score (nSPS) is 12.8. The molecule has 2 aromatic rings. The van der Waals surface area contributed by atoms with Gasteiger partial charge in [0.2, 0.25) is 0 Å². The molecule has 0 aliphatic rings. The maximum Gasteiger partial charge on any atom is 0.0326 e. The van der Waals surface area contributed by atoms with Crippen LogP contribution in [-0.4, -0.2) is 0 Å². The predicted octanol–water partition coefficient (Wildman–Crippen LogP) is 4.63. The van der Waals surface area contributed by atoms with Gasteiger partial charge in [-0.3, -0.25) is 0 Å². The fourth-order valence-corrected chi connectivity index (χ4v) is 2.79. The van der Waals surface area contributed by atoms with E-state index in [1.807, 2.05) is 11.3 Å². The van der Waals surface area contributed by atoms with Gasteiger partial charge in [-0.1, -0.05) is 50.2 Å². The largest absolute Gasteiger partial charge is 0.305 e. The second-order valence-corrected chi connectivity index (χ2v) is 6.09. The van der Waals surface area contributed by atoms with E-state index in [-0.39, 0.29) is 0 Å². The first-order valence-electron chi connectivity index (χ1n) is 6.56. The maximum atomic E-state index is 3.68. The fraction of sp³-hybridized carbons (Fsp3) is 0.375. The number of hydrogen-bond acceptors (Lipinski definition) is 2. The number of thiophene rings is 1. The monoisotopic (exact) mass is 259 g/mol. The summed E-state index contributed by atoms with van der Waals surface area (Å²) in [5.41, 5.74) is 1.39. The van der Waals surface area contributed by atoms with Crippen LogP contribution in [0.15, 0.2) is 47.8 Å². The van der Waals surface area contributed by atoms with Crippen LogP contribution in [0.3, 0.4) is 0 Å². The van der Waals surface area contributed by atoms with Gasteiger partial charge >= 0.3 is 0 Å². The highest BCUT2D eigenvalue weighted by Crippen LogP contribution is 2.22. The molecule has 0 aliphatic heterocycles. The van der Waals surface area contributed by atoms with E-state index in [0.29, 0.717) is 12.0 Å². The molecule has 96 valence electrons. The molecule has 0 amide bonds. The Balaban J connectivity index is 2.01. The van der Waals surface area contributed by atoms with Crippen molar-refractivity contribution in [2.45, 2.75) is 32.9 Å². The number of hydrogen-bond donors (Lipinski definition) is 1. The van der Waals surface area contributed by atoms with E-state index in [1.165, 1.54) is 16.9 Å². The Morgan fingerprint density at radius 3 is 2.44 bits per heavy atom. The zero-order chi connectivity index (χ0) is 12.8. The Morgan fingerprint density at radius 2 is 1.83 bits per heavy atom. The lowest BCUT2D eigenvalue weighted by Gasteiger charge is -2.21. The molecule has 0 bridgehead atoms. The maximum absolute atomic E-state index is 3.68. The average Bonchev–Trinajstić information content (AvgIpc) is 2.88. The lowest BCUT2D eigenvalue weighted by molar-refractivity contribution is 0.430. The smallest absolute Gasteiger partial charge is 0.0326 e. The Labute approximate surface area is 114 Å².